The first-order valence-electron chi connectivity index (χ1n) is 15.3. The van der Waals surface area contributed by atoms with Crippen LogP contribution in [0.3, 0.4) is 0 Å². The van der Waals surface area contributed by atoms with E-state index in [4.69, 9.17) is 0 Å². The predicted octanol–water partition coefficient (Wildman–Crippen LogP) is 9.19. The maximum absolute atomic E-state index is 12.9. The van der Waals surface area contributed by atoms with Crippen LogP contribution in [-0.2, 0) is 22.0 Å². The molecule has 3 aliphatic carbocycles. The third-order valence-corrected chi connectivity index (χ3v) is 11.7. The highest BCUT2D eigenvalue weighted by Gasteiger charge is 2.57. The monoisotopic (exact) mass is 588 g/mol. The van der Waals surface area contributed by atoms with Gasteiger partial charge in [-0.25, -0.2) is 0 Å². The molecule has 3 aliphatic rings. The molecule has 0 N–H and O–H groups in total. The normalized spacial score (nSPS) is 29.1. The van der Waals surface area contributed by atoms with E-state index in [1.54, 1.807) is 0 Å². The summed E-state index contributed by atoms with van der Waals surface area (Å²) in [5, 5.41) is 0. The highest BCUT2D eigenvalue weighted by molar-refractivity contribution is 7.84. The molecule has 4 unspecified atom stereocenters. The van der Waals surface area contributed by atoms with Crippen LogP contribution in [0.5, 0.6) is 0 Å². The molecular weight excluding hydrogens is 543 g/mol. The number of halogens is 5. The first-order valence-corrected chi connectivity index (χ1v) is 16.8. The average molecular weight is 589 g/mol. The number of fused-ring (bicyclic) bond motifs is 5. The minimum atomic E-state index is -5.54. The number of carbonyl (C=O) groups excluding carboxylic acids is 1. The van der Waals surface area contributed by atoms with E-state index in [0.29, 0.717) is 41.6 Å². The molecule has 0 heterocycles. The SMILES string of the molecule is CC12CCC3c4ccccc4C[C@@H](CCCCCCCCCS(=O)CCCC(F)(F)C(F)(F)F)[C@H]3C1CCC2=O. The second-order valence-electron chi connectivity index (χ2n) is 12.8. The van der Waals surface area contributed by atoms with Crippen LogP contribution in [-0.4, -0.2) is 33.6 Å². The van der Waals surface area contributed by atoms with Gasteiger partial charge in [-0.2, -0.15) is 22.0 Å². The van der Waals surface area contributed by atoms with Gasteiger partial charge in [0.15, 0.2) is 0 Å². The van der Waals surface area contributed by atoms with Crippen LogP contribution in [0.1, 0.15) is 114 Å². The molecule has 2 fully saturated rings. The van der Waals surface area contributed by atoms with E-state index in [9.17, 15) is 31.0 Å². The molecule has 0 radical (unpaired) electrons. The van der Waals surface area contributed by atoms with E-state index in [-0.39, 0.29) is 17.6 Å². The van der Waals surface area contributed by atoms with Crippen molar-refractivity contribution >= 4 is 16.6 Å². The number of Topliss-reactive ketones (excluding diaryl/α,β-unsaturated/α-hetero) is 1. The number of ketones is 1. The third-order valence-electron chi connectivity index (χ3n) is 10.2. The summed E-state index contributed by atoms with van der Waals surface area (Å²) in [7, 11) is -1.34. The molecule has 1 aromatic rings. The molecule has 0 saturated heterocycles. The molecule has 4 rings (SSSR count). The number of benzene rings is 1. The van der Waals surface area contributed by atoms with Crippen molar-refractivity contribution in [1.82, 2.24) is 0 Å². The molecule has 0 aromatic heterocycles. The van der Waals surface area contributed by atoms with Gasteiger partial charge in [-0.1, -0.05) is 69.7 Å². The number of hydrogen-bond donors (Lipinski definition) is 0. The highest BCUT2D eigenvalue weighted by Crippen LogP contribution is 2.61. The molecule has 0 spiro atoms. The Morgan fingerprint density at radius 3 is 2.27 bits per heavy atom. The number of unbranched alkanes of at least 4 members (excludes halogenated alkanes) is 6. The summed E-state index contributed by atoms with van der Waals surface area (Å²) in [6, 6.07) is 8.95. The zero-order valence-corrected chi connectivity index (χ0v) is 24.6. The Balaban J connectivity index is 1.13. The van der Waals surface area contributed by atoms with E-state index >= 15 is 0 Å². The van der Waals surface area contributed by atoms with Crippen molar-refractivity contribution in [2.24, 2.45) is 23.2 Å². The van der Waals surface area contributed by atoms with Gasteiger partial charge in [0.1, 0.15) is 5.78 Å². The number of rotatable bonds is 14. The molecule has 0 aliphatic heterocycles. The Hall–Kier alpha value is -1.31. The summed E-state index contributed by atoms with van der Waals surface area (Å²) in [6.45, 7) is 2.24. The smallest absolute Gasteiger partial charge is 0.299 e. The van der Waals surface area contributed by atoms with Crippen molar-refractivity contribution in [2.45, 2.75) is 121 Å². The summed E-state index contributed by atoms with van der Waals surface area (Å²) in [5.74, 6) is -1.59. The fourth-order valence-corrected chi connectivity index (χ4v) is 9.23. The second-order valence-corrected chi connectivity index (χ2v) is 14.5. The highest BCUT2D eigenvalue weighted by atomic mass is 32.2. The number of hydrogen-bond acceptors (Lipinski definition) is 2. The predicted molar refractivity (Wildman–Crippen MR) is 150 cm³/mol. The fraction of sp³-hybridized carbons (Fsp3) is 0.781. The van der Waals surface area contributed by atoms with Crippen molar-refractivity contribution in [2.75, 3.05) is 11.5 Å². The van der Waals surface area contributed by atoms with Crippen molar-refractivity contribution < 1.29 is 31.0 Å². The van der Waals surface area contributed by atoms with Gasteiger partial charge in [-0.3, -0.25) is 9.00 Å². The van der Waals surface area contributed by atoms with Crippen molar-refractivity contribution in [3.8, 4) is 0 Å². The van der Waals surface area contributed by atoms with E-state index in [1.165, 1.54) is 30.4 Å². The van der Waals surface area contributed by atoms with E-state index in [0.717, 1.165) is 57.8 Å². The van der Waals surface area contributed by atoms with Crippen LogP contribution in [0, 0.1) is 23.2 Å². The summed E-state index contributed by atoms with van der Waals surface area (Å²) in [4.78, 5) is 12.8. The van der Waals surface area contributed by atoms with E-state index < -0.39 is 29.3 Å². The first-order chi connectivity index (χ1) is 18.9. The molecule has 0 amide bonds. The van der Waals surface area contributed by atoms with E-state index in [2.05, 4.69) is 31.2 Å². The maximum atomic E-state index is 12.9. The van der Waals surface area contributed by atoms with Gasteiger partial charge in [0.25, 0.3) is 0 Å². The molecule has 40 heavy (non-hydrogen) atoms. The van der Waals surface area contributed by atoms with Gasteiger partial charge in [0, 0.05) is 40.6 Å². The summed E-state index contributed by atoms with van der Waals surface area (Å²) >= 11 is 0. The topological polar surface area (TPSA) is 34.1 Å². The summed E-state index contributed by atoms with van der Waals surface area (Å²) in [5.41, 5.74) is 2.92. The van der Waals surface area contributed by atoms with Crippen LogP contribution < -0.4 is 0 Å². The lowest BCUT2D eigenvalue weighted by atomic mass is 9.52. The van der Waals surface area contributed by atoms with Crippen LogP contribution in [0.4, 0.5) is 22.0 Å². The third kappa shape index (κ3) is 7.18. The Morgan fingerprint density at radius 2 is 1.55 bits per heavy atom. The molecule has 6 atom stereocenters. The molecule has 2 saturated carbocycles. The van der Waals surface area contributed by atoms with Crippen LogP contribution in [0.15, 0.2) is 24.3 Å². The zero-order valence-electron chi connectivity index (χ0n) is 23.8. The molecule has 1 aromatic carbocycles. The van der Waals surface area contributed by atoms with Crippen LogP contribution in [0.2, 0.25) is 0 Å². The van der Waals surface area contributed by atoms with E-state index in [1.807, 2.05) is 0 Å². The molecule has 0 bridgehead atoms. The van der Waals surface area contributed by atoms with Gasteiger partial charge in [0.05, 0.1) is 0 Å². The van der Waals surface area contributed by atoms with Crippen molar-refractivity contribution in [3.63, 3.8) is 0 Å². The maximum Gasteiger partial charge on any atom is 0.453 e. The molecule has 2 nitrogen and oxygen atoms in total. The van der Waals surface area contributed by atoms with Crippen LogP contribution in [0.25, 0.3) is 0 Å². The summed E-state index contributed by atoms with van der Waals surface area (Å²) < 4.78 is 74.5. The number of alkyl halides is 5. The Labute approximate surface area is 238 Å². The molecule has 8 heteroatoms. The summed E-state index contributed by atoms with van der Waals surface area (Å²) in [6.07, 6.45) is 6.34. The lowest BCUT2D eigenvalue weighted by molar-refractivity contribution is -0.284. The lowest BCUT2D eigenvalue weighted by Crippen LogP contribution is -2.46. The minimum Gasteiger partial charge on any atom is -0.299 e. The number of carbonyl (C=O) groups is 1. The van der Waals surface area contributed by atoms with Gasteiger partial charge >= 0.3 is 12.1 Å². The van der Waals surface area contributed by atoms with Gasteiger partial charge in [-0.05, 0) is 79.7 Å². The first kappa shape index (κ1) is 31.6. The Morgan fingerprint density at radius 1 is 0.900 bits per heavy atom. The lowest BCUT2D eigenvalue weighted by Gasteiger charge is -2.51. The van der Waals surface area contributed by atoms with Gasteiger partial charge in [-0.15, -0.1) is 0 Å². The van der Waals surface area contributed by atoms with Gasteiger partial charge in [0.2, 0.25) is 0 Å². The van der Waals surface area contributed by atoms with Crippen molar-refractivity contribution in [1.29, 1.82) is 0 Å². The van der Waals surface area contributed by atoms with Crippen molar-refractivity contribution in [3.05, 3.63) is 35.4 Å². The average Bonchev–Trinajstić information content (AvgIpc) is 3.20. The molecule has 226 valence electrons. The Kier molecular flexibility index (Phi) is 10.5. The minimum absolute atomic E-state index is 0.104. The second kappa shape index (κ2) is 13.3. The standard InChI is InChI=1S/C32H45F5O2S/c1-30-19-17-26-25-14-9-8-12-23(25)22-24(29(26)27(30)15-16-28(30)38)13-7-5-3-2-4-6-10-20-40(39)21-11-18-31(33,34)32(35,36)37/h8-9,12,14,24,26-27,29H,2-7,10-11,13,15-22H2,1H3/t24-,26?,27?,29-,30?,40?/m1/s1. The largest absolute Gasteiger partial charge is 0.453 e. The fourth-order valence-electron chi connectivity index (χ4n) is 8.03. The molecular formula is C32H45F5O2S. The quantitative estimate of drug-likeness (QED) is 0.160. The van der Waals surface area contributed by atoms with Crippen LogP contribution >= 0.6 is 0 Å². The van der Waals surface area contributed by atoms with Gasteiger partial charge < -0.3 is 0 Å². The zero-order chi connectivity index (χ0) is 29.0. The Bertz CT molecular complexity index is 1020.